The molecule has 1 aliphatic carbocycles. The number of hydrogen-bond donors (Lipinski definition) is 1. The van der Waals surface area contributed by atoms with Gasteiger partial charge in [-0.25, -0.2) is 0 Å². The van der Waals surface area contributed by atoms with E-state index in [9.17, 15) is 0 Å². The fourth-order valence-electron chi connectivity index (χ4n) is 2.88. The van der Waals surface area contributed by atoms with Crippen LogP contribution in [0.2, 0.25) is 0 Å². The van der Waals surface area contributed by atoms with Crippen molar-refractivity contribution in [1.82, 2.24) is 0 Å². The SMILES string of the molecule is CC(C)(N)C=C(CC(C)(C)C1=CC=CC1)c1ccccc1. The smallest absolute Gasteiger partial charge is 0.0287 e. The standard InChI is InChI=1S/C20H27N/c1-19(2,18-12-8-9-13-18)14-17(15-20(3,4)21)16-10-6-5-7-11-16/h5-12,15H,13-14,21H2,1-4H3. The summed E-state index contributed by atoms with van der Waals surface area (Å²) in [6.07, 6.45) is 10.9. The summed E-state index contributed by atoms with van der Waals surface area (Å²) in [5, 5.41) is 0. The Morgan fingerprint density at radius 3 is 2.33 bits per heavy atom. The molecule has 0 bridgehead atoms. The fraction of sp³-hybridized carbons (Fsp3) is 0.400. The number of benzene rings is 1. The van der Waals surface area contributed by atoms with Gasteiger partial charge in [0.1, 0.15) is 0 Å². The van der Waals surface area contributed by atoms with Crippen LogP contribution in [0, 0.1) is 5.41 Å². The summed E-state index contributed by atoms with van der Waals surface area (Å²) < 4.78 is 0. The summed E-state index contributed by atoms with van der Waals surface area (Å²) in [5.41, 5.74) is 10.2. The molecule has 0 saturated heterocycles. The molecule has 2 N–H and O–H groups in total. The molecule has 0 heterocycles. The van der Waals surface area contributed by atoms with E-state index in [4.69, 9.17) is 5.73 Å². The Labute approximate surface area is 129 Å². The Hall–Kier alpha value is -1.60. The second-order valence-electron chi connectivity index (χ2n) is 7.24. The molecular weight excluding hydrogens is 254 g/mol. The van der Waals surface area contributed by atoms with Crippen LogP contribution in [0.4, 0.5) is 0 Å². The van der Waals surface area contributed by atoms with Gasteiger partial charge < -0.3 is 5.73 Å². The minimum atomic E-state index is -0.302. The first-order valence-corrected chi connectivity index (χ1v) is 7.70. The highest BCUT2D eigenvalue weighted by Crippen LogP contribution is 2.40. The summed E-state index contributed by atoms with van der Waals surface area (Å²) in [7, 11) is 0. The van der Waals surface area contributed by atoms with Crippen LogP contribution < -0.4 is 5.73 Å². The Bertz CT molecular complexity index is 566. The van der Waals surface area contributed by atoms with Gasteiger partial charge in [0.2, 0.25) is 0 Å². The van der Waals surface area contributed by atoms with Gasteiger partial charge >= 0.3 is 0 Å². The molecule has 0 amide bonds. The molecule has 2 rings (SSSR count). The van der Waals surface area contributed by atoms with Gasteiger partial charge in [-0.2, -0.15) is 0 Å². The summed E-state index contributed by atoms with van der Waals surface area (Å²) in [5.74, 6) is 0. The molecule has 0 aliphatic heterocycles. The van der Waals surface area contributed by atoms with Crippen LogP contribution in [0.25, 0.3) is 5.57 Å². The molecule has 1 heteroatoms. The lowest BCUT2D eigenvalue weighted by Crippen LogP contribution is -2.29. The molecule has 0 atom stereocenters. The first-order chi connectivity index (χ1) is 9.78. The van der Waals surface area contributed by atoms with E-state index in [1.807, 2.05) is 0 Å². The van der Waals surface area contributed by atoms with Gasteiger partial charge in [-0.05, 0) is 43.2 Å². The van der Waals surface area contributed by atoms with Gasteiger partial charge in [0.05, 0.1) is 0 Å². The normalized spacial score (nSPS) is 16.2. The maximum Gasteiger partial charge on any atom is 0.0287 e. The van der Waals surface area contributed by atoms with Crippen molar-refractivity contribution in [3.63, 3.8) is 0 Å². The van der Waals surface area contributed by atoms with Gasteiger partial charge in [-0.15, -0.1) is 0 Å². The van der Waals surface area contributed by atoms with E-state index in [1.54, 1.807) is 0 Å². The van der Waals surface area contributed by atoms with E-state index in [0.717, 1.165) is 12.8 Å². The van der Waals surface area contributed by atoms with E-state index in [2.05, 4.69) is 82.3 Å². The second-order valence-corrected chi connectivity index (χ2v) is 7.24. The Morgan fingerprint density at radius 1 is 1.14 bits per heavy atom. The zero-order chi connectivity index (χ0) is 15.5. The molecule has 0 unspecified atom stereocenters. The van der Waals surface area contributed by atoms with Crippen molar-refractivity contribution in [2.24, 2.45) is 11.1 Å². The molecule has 0 aromatic heterocycles. The molecular formula is C20H27N. The molecule has 1 aliphatic rings. The average molecular weight is 281 g/mol. The van der Waals surface area contributed by atoms with Crippen molar-refractivity contribution in [1.29, 1.82) is 0 Å². The lowest BCUT2D eigenvalue weighted by atomic mass is 9.76. The quantitative estimate of drug-likeness (QED) is 0.797. The van der Waals surface area contributed by atoms with Gasteiger partial charge in [-0.3, -0.25) is 0 Å². The van der Waals surface area contributed by atoms with Crippen LogP contribution in [0.15, 0.2) is 60.2 Å². The van der Waals surface area contributed by atoms with Crippen LogP contribution in [0.3, 0.4) is 0 Å². The Morgan fingerprint density at radius 2 is 1.81 bits per heavy atom. The number of hydrogen-bond acceptors (Lipinski definition) is 1. The molecule has 21 heavy (non-hydrogen) atoms. The minimum Gasteiger partial charge on any atom is -0.322 e. The highest BCUT2D eigenvalue weighted by molar-refractivity contribution is 5.67. The average Bonchev–Trinajstić information content (AvgIpc) is 2.92. The molecule has 1 aromatic carbocycles. The maximum absolute atomic E-state index is 6.24. The van der Waals surface area contributed by atoms with Crippen molar-refractivity contribution in [2.75, 3.05) is 0 Å². The largest absolute Gasteiger partial charge is 0.322 e. The molecule has 0 saturated carbocycles. The first kappa shape index (κ1) is 15.8. The Kier molecular flexibility index (Phi) is 4.53. The molecule has 0 fully saturated rings. The third-order valence-corrected chi connectivity index (χ3v) is 3.96. The van der Waals surface area contributed by atoms with Gasteiger partial charge in [0.25, 0.3) is 0 Å². The monoisotopic (exact) mass is 281 g/mol. The van der Waals surface area contributed by atoms with Crippen molar-refractivity contribution < 1.29 is 0 Å². The predicted octanol–water partition coefficient (Wildman–Crippen LogP) is 5.11. The molecule has 1 nitrogen and oxygen atoms in total. The lowest BCUT2D eigenvalue weighted by Gasteiger charge is -2.29. The van der Waals surface area contributed by atoms with E-state index in [-0.39, 0.29) is 11.0 Å². The second kappa shape index (κ2) is 6.03. The molecule has 0 spiro atoms. The van der Waals surface area contributed by atoms with E-state index in [0.29, 0.717) is 0 Å². The van der Waals surface area contributed by atoms with Crippen LogP contribution in [0.1, 0.15) is 46.1 Å². The van der Waals surface area contributed by atoms with Crippen LogP contribution in [-0.2, 0) is 0 Å². The van der Waals surface area contributed by atoms with E-state index < -0.39 is 0 Å². The van der Waals surface area contributed by atoms with Crippen molar-refractivity contribution >= 4 is 5.57 Å². The van der Waals surface area contributed by atoms with Gasteiger partial charge in [0, 0.05) is 5.54 Å². The van der Waals surface area contributed by atoms with Crippen LogP contribution >= 0.6 is 0 Å². The van der Waals surface area contributed by atoms with Gasteiger partial charge in [-0.1, -0.05) is 74.1 Å². The third kappa shape index (κ3) is 4.44. The van der Waals surface area contributed by atoms with Crippen LogP contribution in [-0.4, -0.2) is 5.54 Å². The summed E-state index contributed by atoms with van der Waals surface area (Å²) >= 11 is 0. The zero-order valence-corrected chi connectivity index (χ0v) is 13.7. The summed E-state index contributed by atoms with van der Waals surface area (Å²) in [6, 6.07) is 10.6. The van der Waals surface area contributed by atoms with Crippen molar-refractivity contribution in [2.45, 2.75) is 46.1 Å². The van der Waals surface area contributed by atoms with Gasteiger partial charge in [0.15, 0.2) is 0 Å². The molecule has 0 radical (unpaired) electrons. The molecule has 112 valence electrons. The minimum absolute atomic E-state index is 0.149. The zero-order valence-electron chi connectivity index (χ0n) is 13.7. The molecule has 1 aromatic rings. The van der Waals surface area contributed by atoms with Crippen molar-refractivity contribution in [3.8, 4) is 0 Å². The van der Waals surface area contributed by atoms with Crippen molar-refractivity contribution in [3.05, 3.63) is 65.8 Å². The number of allylic oxidation sites excluding steroid dienone is 5. The van der Waals surface area contributed by atoms with E-state index in [1.165, 1.54) is 16.7 Å². The number of nitrogens with two attached hydrogens (primary N) is 1. The highest BCUT2D eigenvalue weighted by Gasteiger charge is 2.26. The Balaban J connectivity index is 2.31. The highest BCUT2D eigenvalue weighted by atomic mass is 14.7. The first-order valence-electron chi connectivity index (χ1n) is 7.70. The topological polar surface area (TPSA) is 26.0 Å². The summed E-state index contributed by atoms with van der Waals surface area (Å²) in [6.45, 7) is 8.76. The predicted molar refractivity (Wildman–Crippen MR) is 92.9 cm³/mol. The number of rotatable bonds is 5. The lowest BCUT2D eigenvalue weighted by molar-refractivity contribution is 0.452. The fourth-order valence-corrected chi connectivity index (χ4v) is 2.88. The third-order valence-electron chi connectivity index (χ3n) is 3.96. The maximum atomic E-state index is 6.24. The summed E-state index contributed by atoms with van der Waals surface area (Å²) in [4.78, 5) is 0. The van der Waals surface area contributed by atoms with E-state index >= 15 is 0 Å². The van der Waals surface area contributed by atoms with Crippen LogP contribution in [0.5, 0.6) is 0 Å².